The van der Waals surface area contributed by atoms with Crippen LogP contribution in [0, 0.1) is 0 Å². The number of benzene rings is 2. The Morgan fingerprint density at radius 2 is 1.81 bits per heavy atom. The summed E-state index contributed by atoms with van der Waals surface area (Å²) in [6.07, 6.45) is 3.20. The first-order valence-electron chi connectivity index (χ1n) is 8.72. The first kappa shape index (κ1) is 23.3. The molecule has 3 rings (SSSR count). The second-order valence-corrected chi connectivity index (χ2v) is 8.85. The summed E-state index contributed by atoms with van der Waals surface area (Å²) in [5.41, 5.74) is 0.600. The van der Waals surface area contributed by atoms with Crippen LogP contribution in [-0.2, 0) is 21.6 Å². The van der Waals surface area contributed by atoms with Crippen LogP contribution < -0.4 is 14.6 Å². The topological polar surface area (TPSA) is 76.3 Å². The third kappa shape index (κ3) is 6.30. The van der Waals surface area contributed by atoms with Crippen LogP contribution in [0.15, 0.2) is 65.8 Å². The van der Waals surface area contributed by atoms with Crippen LogP contribution in [0.4, 0.5) is 9.57 Å². The van der Waals surface area contributed by atoms with E-state index < -0.39 is 21.0 Å². The summed E-state index contributed by atoms with van der Waals surface area (Å²) in [7, 11) is -5.00. The molecular formula is C20H15Cl3FN2O4S+. The fourth-order valence-corrected chi connectivity index (χ4v) is 4.26. The Morgan fingerprint density at radius 3 is 2.52 bits per heavy atom. The average Bonchev–Trinajstić information content (AvgIpc) is 2.68. The lowest BCUT2D eigenvalue weighted by Crippen LogP contribution is -2.35. The average molecular weight is 505 g/mol. The van der Waals surface area contributed by atoms with E-state index in [1.807, 2.05) is 0 Å². The number of rotatable bonds is 7. The lowest BCUT2D eigenvalue weighted by atomic mass is 10.2. The molecule has 0 saturated carbocycles. The number of halogens is 4. The first-order valence-corrected chi connectivity index (χ1v) is 11.2. The first-order chi connectivity index (χ1) is 14.6. The van der Waals surface area contributed by atoms with Gasteiger partial charge in [0, 0.05) is 17.7 Å². The smallest absolute Gasteiger partial charge is 0.334 e. The zero-order valence-electron chi connectivity index (χ0n) is 15.7. The van der Waals surface area contributed by atoms with Gasteiger partial charge in [0.15, 0.2) is 25.5 Å². The molecule has 0 spiro atoms. The molecule has 6 nitrogen and oxygen atoms in total. The summed E-state index contributed by atoms with van der Waals surface area (Å²) in [5, 5.41) is 3.13. The molecule has 0 aliphatic carbocycles. The van der Waals surface area contributed by atoms with Crippen LogP contribution >= 0.6 is 34.8 Å². The standard InChI is InChI=1S/C20H14Cl3FN2O4S/c21-16-7-6-15(9-18(16)23)30-12-19(27)25-14-4-2-8-26(11-14)10-13-3-1-5-17(22)20(13)31(24,28)29/h1-9,11H,10,12H2/p+1. The molecular weight excluding hydrogens is 490 g/mol. The SMILES string of the molecule is O=C(COc1ccc(Cl)c(Cl)c1)Nc1ccc[n+](Cc2cccc(Cl)c2S(=O)(=O)F)c1. The summed E-state index contributed by atoms with van der Waals surface area (Å²) in [5.74, 6) is -0.0489. The van der Waals surface area contributed by atoms with Crippen molar-refractivity contribution in [3.8, 4) is 5.75 Å². The minimum absolute atomic E-state index is 0.0164. The van der Waals surface area contributed by atoms with E-state index in [9.17, 15) is 17.1 Å². The van der Waals surface area contributed by atoms with Crippen molar-refractivity contribution in [2.75, 3.05) is 11.9 Å². The quantitative estimate of drug-likeness (QED) is 0.375. The molecule has 1 heterocycles. The molecule has 162 valence electrons. The van der Waals surface area contributed by atoms with Gasteiger partial charge < -0.3 is 10.1 Å². The molecule has 3 aromatic rings. The van der Waals surface area contributed by atoms with Crippen LogP contribution in [0.1, 0.15) is 5.56 Å². The minimum Gasteiger partial charge on any atom is -0.484 e. The molecule has 0 fully saturated rings. The van der Waals surface area contributed by atoms with Gasteiger partial charge in [-0.2, -0.15) is 13.0 Å². The summed E-state index contributed by atoms with van der Waals surface area (Å²) >= 11 is 17.6. The van der Waals surface area contributed by atoms with Crippen molar-refractivity contribution in [2.45, 2.75) is 11.4 Å². The molecule has 1 N–H and O–H groups in total. The maximum atomic E-state index is 13.7. The Bertz CT molecular complexity index is 1240. The molecule has 0 bridgehead atoms. The van der Waals surface area contributed by atoms with Gasteiger partial charge in [0.1, 0.15) is 16.3 Å². The number of hydrogen-bond acceptors (Lipinski definition) is 4. The number of nitrogens with one attached hydrogen (secondary N) is 1. The fraction of sp³-hybridized carbons (Fsp3) is 0.100. The molecule has 1 aromatic heterocycles. The van der Waals surface area contributed by atoms with E-state index in [2.05, 4.69) is 5.32 Å². The van der Waals surface area contributed by atoms with Gasteiger partial charge in [0.2, 0.25) is 0 Å². The van der Waals surface area contributed by atoms with Gasteiger partial charge in [-0.25, -0.2) is 0 Å². The Morgan fingerprint density at radius 1 is 1.03 bits per heavy atom. The van der Waals surface area contributed by atoms with Gasteiger partial charge in [-0.1, -0.05) is 46.9 Å². The van der Waals surface area contributed by atoms with Gasteiger partial charge >= 0.3 is 10.2 Å². The van der Waals surface area contributed by atoms with Crippen molar-refractivity contribution >= 4 is 56.6 Å². The molecule has 0 aliphatic heterocycles. The molecule has 2 aromatic carbocycles. The van der Waals surface area contributed by atoms with Crippen molar-refractivity contribution < 1.29 is 26.4 Å². The molecule has 0 saturated heterocycles. The minimum atomic E-state index is -5.00. The predicted octanol–water partition coefficient (Wildman–Crippen LogP) is 4.66. The predicted molar refractivity (Wildman–Crippen MR) is 116 cm³/mol. The van der Waals surface area contributed by atoms with Crippen LogP contribution in [0.2, 0.25) is 15.1 Å². The highest BCUT2D eigenvalue weighted by molar-refractivity contribution is 7.86. The number of anilines is 1. The third-order valence-electron chi connectivity index (χ3n) is 4.05. The molecule has 0 unspecified atom stereocenters. The van der Waals surface area contributed by atoms with Gasteiger partial charge in [0.05, 0.1) is 15.1 Å². The number of carbonyl (C=O) groups excluding carboxylic acids is 1. The van der Waals surface area contributed by atoms with Crippen molar-refractivity contribution in [1.29, 1.82) is 0 Å². The van der Waals surface area contributed by atoms with Crippen LogP contribution in [0.3, 0.4) is 0 Å². The lowest BCUT2D eigenvalue weighted by molar-refractivity contribution is -0.688. The number of ether oxygens (including phenoxy) is 1. The normalized spacial score (nSPS) is 11.2. The van der Waals surface area contributed by atoms with E-state index >= 15 is 0 Å². The molecule has 31 heavy (non-hydrogen) atoms. The van der Waals surface area contributed by atoms with Crippen LogP contribution in [-0.4, -0.2) is 20.9 Å². The summed E-state index contributed by atoms with van der Waals surface area (Å²) in [6, 6.07) is 12.2. The van der Waals surface area contributed by atoms with E-state index in [1.54, 1.807) is 41.2 Å². The largest absolute Gasteiger partial charge is 0.484 e. The van der Waals surface area contributed by atoms with Crippen molar-refractivity contribution in [3.63, 3.8) is 0 Å². The molecule has 11 heteroatoms. The molecule has 1 amide bonds. The Labute approximate surface area is 193 Å². The zero-order valence-corrected chi connectivity index (χ0v) is 18.8. The van der Waals surface area contributed by atoms with E-state index in [0.717, 1.165) is 0 Å². The number of hydrogen-bond donors (Lipinski definition) is 1. The Kier molecular flexibility index (Phi) is 7.38. The summed E-state index contributed by atoms with van der Waals surface area (Å²) in [4.78, 5) is 11.6. The van der Waals surface area contributed by atoms with Gasteiger partial charge in [-0.3, -0.25) is 4.79 Å². The Balaban J connectivity index is 1.69. The van der Waals surface area contributed by atoms with Crippen molar-refractivity contribution in [1.82, 2.24) is 0 Å². The maximum Gasteiger partial charge on any atom is 0.334 e. The van der Waals surface area contributed by atoms with Crippen LogP contribution in [0.25, 0.3) is 0 Å². The highest BCUT2D eigenvalue weighted by atomic mass is 35.5. The summed E-state index contributed by atoms with van der Waals surface area (Å²) < 4.78 is 43.5. The van der Waals surface area contributed by atoms with E-state index in [1.165, 1.54) is 24.3 Å². The monoisotopic (exact) mass is 503 g/mol. The number of carbonyl (C=O) groups is 1. The van der Waals surface area contributed by atoms with E-state index in [0.29, 0.717) is 21.5 Å². The van der Waals surface area contributed by atoms with Gasteiger partial charge in [0.25, 0.3) is 5.91 Å². The Hall–Kier alpha value is -2.39. The fourth-order valence-electron chi connectivity index (χ4n) is 2.75. The molecule has 0 radical (unpaired) electrons. The number of aromatic nitrogens is 1. The number of pyridine rings is 1. The van der Waals surface area contributed by atoms with Gasteiger partial charge in [-0.05, 0) is 24.3 Å². The lowest BCUT2D eigenvalue weighted by Gasteiger charge is -2.08. The van der Waals surface area contributed by atoms with Crippen LogP contribution in [0.5, 0.6) is 5.75 Å². The second kappa shape index (κ2) is 9.82. The van der Waals surface area contributed by atoms with Gasteiger partial charge in [-0.15, -0.1) is 3.89 Å². The van der Waals surface area contributed by atoms with Crippen molar-refractivity contribution in [2.24, 2.45) is 0 Å². The molecule has 0 atom stereocenters. The maximum absolute atomic E-state index is 13.7. The number of nitrogens with zero attached hydrogens (tertiary/aromatic N) is 1. The van der Waals surface area contributed by atoms with Crippen molar-refractivity contribution in [3.05, 3.63) is 81.6 Å². The summed E-state index contributed by atoms with van der Waals surface area (Å²) in [6.45, 7) is -0.256. The molecule has 0 aliphatic rings. The van der Waals surface area contributed by atoms with E-state index in [-0.39, 0.29) is 23.7 Å². The second-order valence-electron chi connectivity index (χ2n) is 6.34. The third-order valence-corrected chi connectivity index (χ3v) is 6.18. The highest BCUT2D eigenvalue weighted by Crippen LogP contribution is 2.27. The number of amides is 1. The zero-order chi connectivity index (χ0) is 22.6. The van der Waals surface area contributed by atoms with E-state index in [4.69, 9.17) is 39.5 Å². The highest BCUT2D eigenvalue weighted by Gasteiger charge is 2.23.